The molecule has 2 heterocycles. The molecular formula is C25H17Cl3N8O3. The van der Waals surface area contributed by atoms with Crippen LogP contribution in [0.25, 0.3) is 17.1 Å². The molecular weight excluding hydrogens is 567 g/mol. The SMILES string of the molecule is Nc1nonc1-n1nnc(C(=O)NN=Cc2cc(Cl)ccc2OCc2c(Cl)cccc2Cl)c1-c1ccccc1. The molecule has 0 unspecified atom stereocenters. The molecule has 5 aromatic rings. The van der Waals surface area contributed by atoms with Gasteiger partial charge in [0.15, 0.2) is 5.69 Å². The summed E-state index contributed by atoms with van der Waals surface area (Å²) in [7, 11) is 0. The predicted molar refractivity (Wildman–Crippen MR) is 146 cm³/mol. The van der Waals surface area contributed by atoms with Crippen molar-refractivity contribution in [2.45, 2.75) is 6.61 Å². The van der Waals surface area contributed by atoms with Crippen LogP contribution in [0.15, 0.2) is 76.5 Å². The summed E-state index contributed by atoms with van der Waals surface area (Å²) in [5.41, 5.74) is 10.3. The van der Waals surface area contributed by atoms with E-state index < -0.39 is 5.91 Å². The van der Waals surface area contributed by atoms with Gasteiger partial charge in [0.2, 0.25) is 11.6 Å². The van der Waals surface area contributed by atoms with Crippen molar-refractivity contribution in [3.8, 4) is 22.8 Å². The Labute approximate surface area is 236 Å². The number of carbonyl (C=O) groups excluding carboxylic acids is 1. The van der Waals surface area contributed by atoms with Gasteiger partial charge >= 0.3 is 0 Å². The lowest BCUT2D eigenvalue weighted by Crippen LogP contribution is -2.19. The quantitative estimate of drug-likeness (QED) is 0.187. The molecule has 1 amide bonds. The topological polar surface area (TPSA) is 146 Å². The zero-order valence-corrected chi connectivity index (χ0v) is 22.0. The molecule has 0 aliphatic rings. The number of nitrogen functional groups attached to an aromatic ring is 1. The van der Waals surface area contributed by atoms with E-state index in [2.05, 4.69) is 35.8 Å². The summed E-state index contributed by atoms with van der Waals surface area (Å²) in [6.45, 7) is 0.108. The first-order valence-corrected chi connectivity index (χ1v) is 12.3. The van der Waals surface area contributed by atoms with Crippen LogP contribution in [0.1, 0.15) is 21.6 Å². The van der Waals surface area contributed by atoms with Crippen LogP contribution in [-0.2, 0) is 6.61 Å². The zero-order valence-electron chi connectivity index (χ0n) is 19.8. The van der Waals surface area contributed by atoms with Crippen molar-refractivity contribution >= 4 is 52.7 Å². The molecule has 0 aliphatic carbocycles. The van der Waals surface area contributed by atoms with E-state index in [9.17, 15) is 4.79 Å². The lowest BCUT2D eigenvalue weighted by molar-refractivity contribution is 0.0950. The molecule has 0 radical (unpaired) electrons. The smallest absolute Gasteiger partial charge is 0.294 e. The number of nitrogens with two attached hydrogens (primary N) is 1. The fraction of sp³-hybridized carbons (Fsp3) is 0.0400. The molecule has 3 N–H and O–H groups in total. The van der Waals surface area contributed by atoms with Crippen molar-refractivity contribution in [2.24, 2.45) is 5.10 Å². The Kier molecular flexibility index (Phi) is 7.73. The summed E-state index contributed by atoms with van der Waals surface area (Å²) >= 11 is 18.7. The number of carbonyl (C=O) groups is 1. The highest BCUT2D eigenvalue weighted by atomic mass is 35.5. The second-order valence-corrected chi connectivity index (χ2v) is 9.16. The molecule has 0 spiro atoms. The molecule has 5 rings (SSSR count). The first-order valence-electron chi connectivity index (χ1n) is 11.2. The third-order valence-electron chi connectivity index (χ3n) is 5.40. The van der Waals surface area contributed by atoms with Crippen LogP contribution < -0.4 is 15.9 Å². The summed E-state index contributed by atoms with van der Waals surface area (Å²) in [5.74, 6) is -0.131. The normalized spacial score (nSPS) is 11.2. The standard InChI is InChI=1S/C25H17Cl3N8O3/c26-16-9-10-20(38-13-17-18(27)7-4-8-19(17)28)15(11-16)12-30-32-25(37)21-22(14-5-2-1-3-6-14)36(35-31-21)24-23(29)33-39-34-24/h1-12H,13H2,(H2,29,33)(H,32,37). The second-order valence-electron chi connectivity index (χ2n) is 7.91. The molecule has 11 nitrogen and oxygen atoms in total. The Bertz CT molecular complexity index is 1650. The lowest BCUT2D eigenvalue weighted by atomic mass is 10.1. The number of halogens is 3. The molecule has 0 bridgehead atoms. The zero-order chi connectivity index (χ0) is 27.4. The van der Waals surface area contributed by atoms with Crippen molar-refractivity contribution in [3.05, 3.63) is 98.6 Å². The van der Waals surface area contributed by atoms with Crippen molar-refractivity contribution in [1.29, 1.82) is 0 Å². The van der Waals surface area contributed by atoms with Crippen molar-refractivity contribution in [1.82, 2.24) is 30.7 Å². The highest BCUT2D eigenvalue weighted by Crippen LogP contribution is 2.28. The molecule has 2 aromatic heterocycles. The monoisotopic (exact) mass is 582 g/mol. The van der Waals surface area contributed by atoms with E-state index in [1.165, 1.54) is 10.9 Å². The largest absolute Gasteiger partial charge is 0.488 e. The van der Waals surface area contributed by atoms with Gasteiger partial charge in [0.1, 0.15) is 18.1 Å². The Hall–Kier alpha value is -4.45. The molecule has 39 heavy (non-hydrogen) atoms. The highest BCUT2D eigenvalue weighted by Gasteiger charge is 2.25. The number of nitrogens with one attached hydrogen (secondary N) is 1. The first kappa shape index (κ1) is 26.2. The number of aromatic nitrogens is 5. The van der Waals surface area contributed by atoms with Gasteiger partial charge in [0.25, 0.3) is 5.91 Å². The van der Waals surface area contributed by atoms with Gasteiger partial charge in [-0.15, -0.1) is 5.10 Å². The van der Waals surface area contributed by atoms with Gasteiger partial charge in [-0.2, -0.15) is 9.78 Å². The Morgan fingerprint density at radius 1 is 1.05 bits per heavy atom. The third-order valence-corrected chi connectivity index (χ3v) is 6.35. The van der Waals surface area contributed by atoms with Crippen LogP contribution in [0.3, 0.4) is 0 Å². The fourth-order valence-electron chi connectivity index (χ4n) is 3.56. The number of rotatable bonds is 8. The van der Waals surface area contributed by atoms with Crippen LogP contribution in [0, 0.1) is 0 Å². The number of nitrogens with zero attached hydrogens (tertiary/aromatic N) is 6. The number of amides is 1. The van der Waals surface area contributed by atoms with Crippen LogP contribution in [0.2, 0.25) is 15.1 Å². The van der Waals surface area contributed by atoms with E-state index in [-0.39, 0.29) is 23.9 Å². The lowest BCUT2D eigenvalue weighted by Gasteiger charge is -2.12. The number of hydrogen-bond donors (Lipinski definition) is 2. The van der Waals surface area contributed by atoms with Gasteiger partial charge in [-0.3, -0.25) is 4.79 Å². The summed E-state index contributed by atoms with van der Waals surface area (Å²) < 4.78 is 11.9. The number of hydrogen-bond acceptors (Lipinski definition) is 9. The summed E-state index contributed by atoms with van der Waals surface area (Å²) in [4.78, 5) is 13.1. The fourth-order valence-corrected chi connectivity index (χ4v) is 4.25. The molecule has 0 saturated carbocycles. The van der Waals surface area contributed by atoms with Gasteiger partial charge in [-0.05, 0) is 40.6 Å². The predicted octanol–water partition coefficient (Wildman–Crippen LogP) is 5.20. The second kappa shape index (κ2) is 11.5. The minimum absolute atomic E-state index is 0.0198. The maximum Gasteiger partial charge on any atom is 0.294 e. The molecule has 3 aromatic carbocycles. The maximum atomic E-state index is 13.1. The Balaban J connectivity index is 1.39. The van der Waals surface area contributed by atoms with E-state index >= 15 is 0 Å². The minimum Gasteiger partial charge on any atom is -0.488 e. The molecule has 0 atom stereocenters. The average Bonchev–Trinajstić information content (AvgIpc) is 3.56. The summed E-state index contributed by atoms with van der Waals surface area (Å²) in [6, 6.07) is 19.1. The third kappa shape index (κ3) is 5.70. The van der Waals surface area contributed by atoms with E-state index in [0.717, 1.165) is 0 Å². The molecule has 0 saturated heterocycles. The van der Waals surface area contributed by atoms with Gasteiger partial charge in [-0.1, -0.05) is 76.4 Å². The maximum absolute atomic E-state index is 13.1. The number of hydrazone groups is 1. The van der Waals surface area contributed by atoms with Crippen molar-refractivity contribution in [2.75, 3.05) is 5.73 Å². The van der Waals surface area contributed by atoms with Crippen molar-refractivity contribution < 1.29 is 14.2 Å². The van der Waals surface area contributed by atoms with Crippen LogP contribution in [-0.4, -0.2) is 37.4 Å². The van der Waals surface area contributed by atoms with Gasteiger partial charge < -0.3 is 10.5 Å². The summed E-state index contributed by atoms with van der Waals surface area (Å²) in [6.07, 6.45) is 1.39. The van der Waals surface area contributed by atoms with Crippen LogP contribution in [0.4, 0.5) is 5.82 Å². The van der Waals surface area contributed by atoms with Crippen molar-refractivity contribution in [3.63, 3.8) is 0 Å². The number of ether oxygens (including phenoxy) is 1. The minimum atomic E-state index is -0.640. The van der Waals surface area contributed by atoms with E-state index in [4.69, 9.17) is 45.3 Å². The van der Waals surface area contributed by atoms with Gasteiger partial charge in [0, 0.05) is 31.8 Å². The molecule has 196 valence electrons. The molecule has 14 heteroatoms. The first-order chi connectivity index (χ1) is 18.9. The number of benzene rings is 3. The Morgan fingerprint density at radius 2 is 1.82 bits per heavy atom. The average molecular weight is 584 g/mol. The van der Waals surface area contributed by atoms with Gasteiger partial charge in [0.05, 0.1) is 6.21 Å². The van der Waals surface area contributed by atoms with Gasteiger partial charge in [-0.25, -0.2) is 10.1 Å². The molecule has 0 fully saturated rings. The van der Waals surface area contributed by atoms with E-state index in [1.54, 1.807) is 60.7 Å². The Morgan fingerprint density at radius 3 is 2.54 bits per heavy atom. The highest BCUT2D eigenvalue weighted by molar-refractivity contribution is 6.36. The van der Waals surface area contributed by atoms with E-state index in [1.807, 2.05) is 6.07 Å². The van der Waals surface area contributed by atoms with Crippen LogP contribution in [0.5, 0.6) is 5.75 Å². The molecule has 0 aliphatic heterocycles. The van der Waals surface area contributed by atoms with E-state index in [0.29, 0.717) is 43.2 Å². The summed E-state index contributed by atoms with van der Waals surface area (Å²) in [5, 5.41) is 20.8. The number of anilines is 1. The van der Waals surface area contributed by atoms with Crippen LogP contribution >= 0.6 is 34.8 Å².